The number of rotatable bonds is 2. The Morgan fingerprint density at radius 3 is 2.87 bits per heavy atom. The Morgan fingerprint density at radius 2 is 2.13 bits per heavy atom. The van der Waals surface area contributed by atoms with Gasteiger partial charge in [0.1, 0.15) is 12.2 Å². The maximum atomic E-state index is 10.1. The van der Waals surface area contributed by atoms with Crippen LogP contribution in [-0.4, -0.2) is 30.3 Å². The van der Waals surface area contributed by atoms with Crippen molar-refractivity contribution in [2.45, 2.75) is 12.2 Å². The summed E-state index contributed by atoms with van der Waals surface area (Å²) in [6, 6.07) is 0. The molecule has 2 aliphatic rings. The van der Waals surface area contributed by atoms with Crippen LogP contribution in [0.15, 0.2) is 36.1 Å². The molecular weight excluding hydrogens is 198 g/mol. The highest BCUT2D eigenvalue weighted by molar-refractivity contribution is 5.35. The first-order valence-electron chi connectivity index (χ1n) is 4.70. The fraction of sp³-hybridized carbons (Fsp3) is 0.400. The van der Waals surface area contributed by atoms with Crippen LogP contribution in [0.4, 0.5) is 0 Å². The maximum absolute atomic E-state index is 10.1. The van der Waals surface area contributed by atoms with Crippen LogP contribution < -0.4 is 0 Å². The Kier molecular flexibility index (Phi) is 2.94. The molecule has 1 saturated heterocycles. The molecule has 0 bridgehead atoms. The van der Waals surface area contributed by atoms with Crippen molar-refractivity contribution in [3.8, 4) is 0 Å². The van der Waals surface area contributed by atoms with E-state index in [1.165, 1.54) is 6.08 Å². The largest absolute Gasteiger partial charge is 0.369 e. The summed E-state index contributed by atoms with van der Waals surface area (Å²) in [6.07, 6.45) is 7.70. The van der Waals surface area contributed by atoms with Gasteiger partial charge in [0, 0.05) is 6.08 Å². The lowest BCUT2D eigenvalue weighted by Crippen LogP contribution is -2.37. The molecule has 0 aromatic rings. The summed E-state index contributed by atoms with van der Waals surface area (Å²) >= 11 is 0. The lowest BCUT2D eigenvalue weighted by molar-refractivity contribution is -0.402. The molecule has 2 atom stereocenters. The lowest BCUT2D eigenvalue weighted by Gasteiger charge is -2.30. The van der Waals surface area contributed by atoms with E-state index < -0.39 is 4.92 Å². The fourth-order valence-electron chi connectivity index (χ4n) is 1.58. The first-order chi connectivity index (χ1) is 7.25. The SMILES string of the molecule is O=[N+]([O-])C=CC1=CC2OCCOC2C=C1. The zero-order chi connectivity index (χ0) is 10.7. The second-order valence-electron chi connectivity index (χ2n) is 3.30. The van der Waals surface area contributed by atoms with Crippen LogP contribution in [0.25, 0.3) is 0 Å². The molecule has 5 nitrogen and oxygen atoms in total. The Balaban J connectivity index is 2.06. The van der Waals surface area contributed by atoms with Gasteiger partial charge in [-0.15, -0.1) is 0 Å². The van der Waals surface area contributed by atoms with Gasteiger partial charge in [0.2, 0.25) is 6.20 Å². The van der Waals surface area contributed by atoms with E-state index in [1.807, 2.05) is 12.2 Å². The second kappa shape index (κ2) is 4.37. The highest BCUT2D eigenvalue weighted by Gasteiger charge is 2.25. The molecule has 2 unspecified atom stereocenters. The molecule has 0 amide bonds. The number of nitrogens with zero attached hydrogens (tertiary/aromatic N) is 1. The number of allylic oxidation sites excluding steroid dienone is 3. The molecule has 2 rings (SSSR count). The van der Waals surface area contributed by atoms with Crippen molar-refractivity contribution < 1.29 is 14.4 Å². The van der Waals surface area contributed by atoms with E-state index in [1.54, 1.807) is 6.08 Å². The van der Waals surface area contributed by atoms with Crippen LogP contribution in [-0.2, 0) is 9.47 Å². The molecule has 0 radical (unpaired) electrons. The molecule has 1 aliphatic heterocycles. The van der Waals surface area contributed by atoms with Crippen molar-refractivity contribution in [1.82, 2.24) is 0 Å². The number of hydrogen-bond acceptors (Lipinski definition) is 4. The Morgan fingerprint density at radius 1 is 1.40 bits per heavy atom. The smallest absolute Gasteiger partial charge is 0.235 e. The van der Waals surface area contributed by atoms with Crippen LogP contribution >= 0.6 is 0 Å². The summed E-state index contributed by atoms with van der Waals surface area (Å²) in [4.78, 5) is 9.65. The minimum absolute atomic E-state index is 0.0495. The molecule has 15 heavy (non-hydrogen) atoms. The van der Waals surface area contributed by atoms with E-state index in [2.05, 4.69) is 0 Å². The number of nitro groups is 1. The third kappa shape index (κ3) is 2.51. The van der Waals surface area contributed by atoms with E-state index in [-0.39, 0.29) is 12.2 Å². The molecule has 5 heteroatoms. The number of hydrogen-bond donors (Lipinski definition) is 0. The predicted molar refractivity (Wildman–Crippen MR) is 52.8 cm³/mol. The van der Waals surface area contributed by atoms with Crippen molar-refractivity contribution >= 4 is 0 Å². The summed E-state index contributed by atoms with van der Waals surface area (Å²) in [5, 5.41) is 10.1. The van der Waals surface area contributed by atoms with Gasteiger partial charge in [0.15, 0.2) is 0 Å². The molecule has 80 valence electrons. The molecule has 0 saturated carbocycles. The molecule has 0 aromatic heterocycles. The van der Waals surface area contributed by atoms with Gasteiger partial charge in [0.25, 0.3) is 0 Å². The van der Waals surface area contributed by atoms with Gasteiger partial charge in [-0.25, -0.2) is 0 Å². The summed E-state index contributed by atoms with van der Waals surface area (Å²) in [7, 11) is 0. The molecule has 1 heterocycles. The van der Waals surface area contributed by atoms with Gasteiger partial charge in [0.05, 0.1) is 18.1 Å². The fourth-order valence-corrected chi connectivity index (χ4v) is 1.58. The molecular formula is C10H11NO4. The summed E-state index contributed by atoms with van der Waals surface area (Å²) in [6.45, 7) is 1.16. The van der Waals surface area contributed by atoms with Gasteiger partial charge in [-0.05, 0) is 11.6 Å². The maximum Gasteiger partial charge on any atom is 0.235 e. The molecule has 0 aromatic carbocycles. The molecule has 0 N–H and O–H groups in total. The highest BCUT2D eigenvalue weighted by Crippen LogP contribution is 2.20. The highest BCUT2D eigenvalue weighted by atomic mass is 16.6. The van der Waals surface area contributed by atoms with Gasteiger partial charge in [-0.2, -0.15) is 0 Å². The van der Waals surface area contributed by atoms with Gasteiger partial charge < -0.3 is 9.47 Å². The lowest BCUT2D eigenvalue weighted by atomic mass is 10.0. The zero-order valence-corrected chi connectivity index (χ0v) is 8.04. The van der Waals surface area contributed by atoms with E-state index >= 15 is 0 Å². The van der Waals surface area contributed by atoms with Crippen molar-refractivity contribution in [3.05, 3.63) is 46.2 Å². The van der Waals surface area contributed by atoms with E-state index in [0.717, 1.165) is 11.8 Å². The minimum atomic E-state index is -0.487. The van der Waals surface area contributed by atoms with Crippen LogP contribution in [0.2, 0.25) is 0 Å². The van der Waals surface area contributed by atoms with Gasteiger partial charge in [-0.1, -0.05) is 12.2 Å². The van der Waals surface area contributed by atoms with Crippen LogP contribution in [0, 0.1) is 10.1 Å². The standard InChI is InChI=1S/C10H11NO4/c12-11(13)4-3-8-1-2-9-10(7-8)15-6-5-14-9/h1-4,7,9-10H,5-6H2. The second-order valence-corrected chi connectivity index (χ2v) is 3.30. The van der Waals surface area contributed by atoms with Gasteiger partial charge in [-0.3, -0.25) is 10.1 Å². The topological polar surface area (TPSA) is 61.6 Å². The summed E-state index contributed by atoms with van der Waals surface area (Å²) < 4.78 is 10.9. The average Bonchev–Trinajstić information content (AvgIpc) is 2.26. The van der Waals surface area contributed by atoms with Crippen molar-refractivity contribution in [2.24, 2.45) is 0 Å². The zero-order valence-electron chi connectivity index (χ0n) is 8.04. The van der Waals surface area contributed by atoms with Crippen molar-refractivity contribution in [3.63, 3.8) is 0 Å². The summed E-state index contributed by atoms with van der Waals surface area (Å²) in [5.74, 6) is 0. The number of ether oxygens (including phenoxy) is 2. The summed E-state index contributed by atoms with van der Waals surface area (Å²) in [5.41, 5.74) is 0.776. The first-order valence-corrected chi connectivity index (χ1v) is 4.70. The first kappa shape index (κ1) is 10.1. The van der Waals surface area contributed by atoms with Crippen LogP contribution in [0.5, 0.6) is 0 Å². The van der Waals surface area contributed by atoms with Gasteiger partial charge >= 0.3 is 0 Å². The van der Waals surface area contributed by atoms with E-state index in [4.69, 9.17) is 9.47 Å². The van der Waals surface area contributed by atoms with Crippen molar-refractivity contribution in [2.75, 3.05) is 13.2 Å². The van der Waals surface area contributed by atoms with Crippen LogP contribution in [0.3, 0.4) is 0 Å². The number of fused-ring (bicyclic) bond motifs is 1. The average molecular weight is 209 g/mol. The quantitative estimate of drug-likeness (QED) is 0.504. The Hall–Kier alpha value is -1.46. The predicted octanol–water partition coefficient (Wildman–Crippen LogP) is 1.06. The monoisotopic (exact) mass is 209 g/mol. The van der Waals surface area contributed by atoms with E-state index in [0.29, 0.717) is 13.2 Å². The third-order valence-electron chi connectivity index (χ3n) is 2.25. The van der Waals surface area contributed by atoms with Crippen molar-refractivity contribution in [1.29, 1.82) is 0 Å². The van der Waals surface area contributed by atoms with E-state index in [9.17, 15) is 10.1 Å². The third-order valence-corrected chi connectivity index (χ3v) is 2.25. The normalized spacial score (nSPS) is 30.0. The molecule has 1 fully saturated rings. The molecule has 1 aliphatic carbocycles. The van der Waals surface area contributed by atoms with Crippen LogP contribution in [0.1, 0.15) is 0 Å². The minimum Gasteiger partial charge on any atom is -0.369 e. The Labute approximate surface area is 86.8 Å². The Bertz CT molecular complexity index is 345. The molecule has 0 spiro atoms.